The molecule has 17 heavy (non-hydrogen) atoms. The third kappa shape index (κ3) is 2.24. The van der Waals surface area contributed by atoms with Gasteiger partial charge in [0.25, 0.3) is 0 Å². The topological polar surface area (TPSA) is 46.2 Å². The summed E-state index contributed by atoms with van der Waals surface area (Å²) in [6.45, 7) is 0.565. The molecule has 2 aliphatic rings. The molecule has 0 aromatic heterocycles. The SMILES string of the molecule is O=S(=O)(NCC1(c2ccccc2)CC1)C1CC1. The predicted molar refractivity (Wildman–Crippen MR) is 67.3 cm³/mol. The molecule has 0 amide bonds. The monoisotopic (exact) mass is 251 g/mol. The quantitative estimate of drug-likeness (QED) is 0.867. The van der Waals surface area contributed by atoms with Gasteiger partial charge in [0.15, 0.2) is 0 Å². The molecule has 1 aromatic carbocycles. The van der Waals surface area contributed by atoms with Crippen LogP contribution in [-0.2, 0) is 15.4 Å². The normalized spacial score (nSPS) is 22.4. The molecule has 3 rings (SSSR count). The number of sulfonamides is 1. The largest absolute Gasteiger partial charge is 0.214 e. The number of rotatable bonds is 5. The van der Waals surface area contributed by atoms with Crippen LogP contribution in [0.15, 0.2) is 30.3 Å². The molecule has 3 nitrogen and oxygen atoms in total. The molecular weight excluding hydrogens is 234 g/mol. The van der Waals surface area contributed by atoms with Gasteiger partial charge in [-0.3, -0.25) is 0 Å². The fourth-order valence-electron chi connectivity index (χ4n) is 2.25. The summed E-state index contributed by atoms with van der Waals surface area (Å²) < 4.78 is 26.4. The standard InChI is InChI=1S/C13H17NO2S/c15-17(16,12-6-7-12)14-10-13(8-9-13)11-4-2-1-3-5-11/h1-5,12,14H,6-10H2. The molecule has 92 valence electrons. The van der Waals surface area contributed by atoms with Crippen molar-refractivity contribution < 1.29 is 8.42 Å². The Hall–Kier alpha value is -0.870. The summed E-state index contributed by atoms with van der Waals surface area (Å²) in [5.41, 5.74) is 1.34. The van der Waals surface area contributed by atoms with Gasteiger partial charge in [-0.1, -0.05) is 30.3 Å². The number of hydrogen-bond donors (Lipinski definition) is 1. The van der Waals surface area contributed by atoms with Gasteiger partial charge in [-0.25, -0.2) is 13.1 Å². The number of hydrogen-bond acceptors (Lipinski definition) is 2. The summed E-state index contributed by atoms with van der Waals surface area (Å²) in [5, 5.41) is -0.117. The summed E-state index contributed by atoms with van der Waals surface area (Å²) in [6, 6.07) is 10.2. The van der Waals surface area contributed by atoms with Gasteiger partial charge in [-0.15, -0.1) is 0 Å². The van der Waals surface area contributed by atoms with Gasteiger partial charge in [0.2, 0.25) is 10.0 Å². The fraction of sp³-hybridized carbons (Fsp3) is 0.538. The van der Waals surface area contributed by atoms with Crippen LogP contribution in [0.4, 0.5) is 0 Å². The van der Waals surface area contributed by atoms with Crippen LogP contribution >= 0.6 is 0 Å². The molecule has 0 saturated heterocycles. The lowest BCUT2D eigenvalue weighted by Crippen LogP contribution is -2.34. The molecule has 0 radical (unpaired) electrons. The molecule has 1 N–H and O–H groups in total. The zero-order valence-corrected chi connectivity index (χ0v) is 10.5. The van der Waals surface area contributed by atoms with E-state index in [2.05, 4.69) is 16.9 Å². The second-order valence-corrected chi connectivity index (χ2v) is 7.26. The zero-order chi connectivity index (χ0) is 11.9. The van der Waals surface area contributed by atoms with Crippen LogP contribution in [0.5, 0.6) is 0 Å². The van der Waals surface area contributed by atoms with E-state index in [1.54, 1.807) is 0 Å². The van der Waals surface area contributed by atoms with Crippen molar-refractivity contribution in [1.82, 2.24) is 4.72 Å². The first kappa shape index (κ1) is 11.2. The van der Waals surface area contributed by atoms with Gasteiger partial charge in [-0.2, -0.15) is 0 Å². The van der Waals surface area contributed by atoms with E-state index in [0.717, 1.165) is 25.7 Å². The van der Waals surface area contributed by atoms with E-state index in [-0.39, 0.29) is 10.7 Å². The molecule has 0 spiro atoms. The van der Waals surface area contributed by atoms with Gasteiger partial charge < -0.3 is 0 Å². The molecule has 0 aliphatic heterocycles. The Balaban J connectivity index is 1.69. The predicted octanol–water partition coefficient (Wildman–Crippen LogP) is 1.80. The van der Waals surface area contributed by atoms with E-state index in [1.807, 2.05) is 18.2 Å². The minimum atomic E-state index is -3.04. The lowest BCUT2D eigenvalue weighted by atomic mass is 9.96. The van der Waals surface area contributed by atoms with E-state index in [4.69, 9.17) is 0 Å². The lowest BCUT2D eigenvalue weighted by molar-refractivity contribution is 0.566. The molecule has 2 aliphatic carbocycles. The lowest BCUT2D eigenvalue weighted by Gasteiger charge is -2.16. The van der Waals surface area contributed by atoms with E-state index in [0.29, 0.717) is 6.54 Å². The van der Waals surface area contributed by atoms with Gasteiger partial charge in [0, 0.05) is 12.0 Å². The Morgan fingerprint density at radius 2 is 1.82 bits per heavy atom. The summed E-state index contributed by atoms with van der Waals surface area (Å²) in [4.78, 5) is 0. The molecule has 2 saturated carbocycles. The summed E-state index contributed by atoms with van der Waals surface area (Å²) in [6.07, 6.45) is 3.83. The first-order valence-corrected chi connectivity index (χ1v) is 7.71. The minimum Gasteiger partial charge on any atom is -0.214 e. The highest BCUT2D eigenvalue weighted by Gasteiger charge is 2.46. The van der Waals surface area contributed by atoms with Gasteiger partial charge in [0.1, 0.15) is 0 Å². The average Bonchev–Trinajstić information content (AvgIpc) is 3.19. The zero-order valence-electron chi connectivity index (χ0n) is 9.72. The maximum absolute atomic E-state index is 11.8. The highest BCUT2D eigenvalue weighted by atomic mass is 32.2. The second kappa shape index (κ2) is 3.82. The van der Waals surface area contributed by atoms with Crippen LogP contribution in [0.1, 0.15) is 31.2 Å². The van der Waals surface area contributed by atoms with Gasteiger partial charge in [0.05, 0.1) is 5.25 Å². The average molecular weight is 251 g/mol. The van der Waals surface area contributed by atoms with Crippen molar-refractivity contribution >= 4 is 10.0 Å². The van der Waals surface area contributed by atoms with E-state index < -0.39 is 10.0 Å². The van der Waals surface area contributed by atoms with Crippen molar-refractivity contribution in [2.45, 2.75) is 36.3 Å². The Labute approximate surface area is 102 Å². The number of benzene rings is 1. The Kier molecular flexibility index (Phi) is 2.52. The van der Waals surface area contributed by atoms with Crippen molar-refractivity contribution in [3.05, 3.63) is 35.9 Å². The van der Waals surface area contributed by atoms with Crippen LogP contribution in [0.2, 0.25) is 0 Å². The third-order valence-corrected chi connectivity index (χ3v) is 5.71. The Morgan fingerprint density at radius 3 is 2.35 bits per heavy atom. The molecule has 1 aromatic rings. The smallest absolute Gasteiger partial charge is 0.214 e. The maximum atomic E-state index is 11.8. The van der Waals surface area contributed by atoms with E-state index >= 15 is 0 Å². The molecule has 0 atom stereocenters. The highest BCUT2D eigenvalue weighted by Crippen LogP contribution is 2.47. The first-order chi connectivity index (χ1) is 8.12. The van der Waals surface area contributed by atoms with Crippen molar-refractivity contribution in [2.24, 2.45) is 0 Å². The van der Waals surface area contributed by atoms with Crippen LogP contribution in [0.3, 0.4) is 0 Å². The Morgan fingerprint density at radius 1 is 1.18 bits per heavy atom. The fourth-order valence-corrected chi connectivity index (χ4v) is 3.71. The van der Waals surface area contributed by atoms with Crippen LogP contribution in [-0.4, -0.2) is 20.2 Å². The minimum absolute atomic E-state index is 0.0726. The summed E-state index contributed by atoms with van der Waals surface area (Å²) in [5.74, 6) is 0. The van der Waals surface area contributed by atoms with Gasteiger partial charge in [-0.05, 0) is 31.2 Å². The van der Waals surface area contributed by atoms with Gasteiger partial charge >= 0.3 is 0 Å². The molecule has 2 fully saturated rings. The second-order valence-electron chi connectivity index (χ2n) is 5.21. The number of nitrogens with one attached hydrogen (secondary N) is 1. The van der Waals surface area contributed by atoms with Crippen LogP contribution in [0, 0.1) is 0 Å². The van der Waals surface area contributed by atoms with Crippen molar-refractivity contribution in [3.8, 4) is 0 Å². The first-order valence-electron chi connectivity index (χ1n) is 6.16. The van der Waals surface area contributed by atoms with Crippen LogP contribution < -0.4 is 4.72 Å². The van der Waals surface area contributed by atoms with Crippen molar-refractivity contribution in [3.63, 3.8) is 0 Å². The molecule has 0 unspecified atom stereocenters. The Bertz CT molecular complexity index is 501. The highest BCUT2D eigenvalue weighted by molar-refractivity contribution is 7.90. The maximum Gasteiger partial charge on any atom is 0.214 e. The summed E-state index contributed by atoms with van der Waals surface area (Å²) in [7, 11) is -3.04. The van der Waals surface area contributed by atoms with Crippen molar-refractivity contribution in [2.75, 3.05) is 6.54 Å². The molecular formula is C13H17NO2S. The van der Waals surface area contributed by atoms with E-state index in [9.17, 15) is 8.42 Å². The summed E-state index contributed by atoms with van der Waals surface area (Å²) >= 11 is 0. The van der Waals surface area contributed by atoms with Crippen LogP contribution in [0.25, 0.3) is 0 Å². The van der Waals surface area contributed by atoms with Crippen molar-refractivity contribution in [1.29, 1.82) is 0 Å². The molecule has 0 heterocycles. The molecule has 4 heteroatoms. The van der Waals surface area contributed by atoms with E-state index in [1.165, 1.54) is 5.56 Å². The third-order valence-electron chi connectivity index (χ3n) is 3.81. The molecule has 0 bridgehead atoms.